The summed E-state index contributed by atoms with van der Waals surface area (Å²) < 4.78 is 11.4. The second kappa shape index (κ2) is 8.02. The second-order valence-corrected chi connectivity index (χ2v) is 5.29. The molecule has 0 saturated heterocycles. The highest BCUT2D eigenvalue weighted by Gasteiger charge is 2.14. The first-order valence-electron chi connectivity index (χ1n) is 8.13. The van der Waals surface area contributed by atoms with Gasteiger partial charge in [0.1, 0.15) is 11.5 Å². The molecule has 0 aromatic heterocycles. The van der Waals surface area contributed by atoms with Crippen LogP contribution in [-0.4, -0.2) is 12.5 Å². The van der Waals surface area contributed by atoms with Crippen LogP contribution in [0.1, 0.15) is 17.3 Å². The fraction of sp³-hybridized carbons (Fsp3) is 0.0952. The van der Waals surface area contributed by atoms with Crippen LogP contribution in [0.5, 0.6) is 17.2 Å². The molecule has 0 spiro atoms. The highest BCUT2D eigenvalue weighted by atomic mass is 16.5. The zero-order chi connectivity index (χ0) is 17.5. The minimum Gasteiger partial charge on any atom is -0.493 e. The van der Waals surface area contributed by atoms with Crippen molar-refractivity contribution in [2.45, 2.75) is 6.92 Å². The maximum Gasteiger partial charge on any atom is 0.259 e. The van der Waals surface area contributed by atoms with Gasteiger partial charge >= 0.3 is 0 Å². The quantitative estimate of drug-likeness (QED) is 0.680. The lowest BCUT2D eigenvalue weighted by molar-refractivity contribution is 0.102. The van der Waals surface area contributed by atoms with Crippen molar-refractivity contribution in [2.24, 2.45) is 0 Å². The molecule has 3 aromatic rings. The fourth-order valence-electron chi connectivity index (χ4n) is 2.40. The van der Waals surface area contributed by atoms with Gasteiger partial charge in [-0.25, -0.2) is 0 Å². The number of ether oxygens (including phenoxy) is 2. The Hall–Kier alpha value is -3.27. The summed E-state index contributed by atoms with van der Waals surface area (Å²) in [6.45, 7) is 2.38. The minimum atomic E-state index is -0.242. The zero-order valence-electron chi connectivity index (χ0n) is 13.9. The molecule has 0 radical (unpaired) electrons. The van der Waals surface area contributed by atoms with Gasteiger partial charge in [0, 0.05) is 0 Å². The monoisotopic (exact) mass is 333 g/mol. The Morgan fingerprint density at radius 2 is 1.48 bits per heavy atom. The van der Waals surface area contributed by atoms with Crippen LogP contribution in [0.3, 0.4) is 0 Å². The van der Waals surface area contributed by atoms with Crippen LogP contribution in [0.4, 0.5) is 5.69 Å². The van der Waals surface area contributed by atoms with Gasteiger partial charge in [0.2, 0.25) is 0 Å². The maximum absolute atomic E-state index is 12.7. The van der Waals surface area contributed by atoms with Crippen molar-refractivity contribution in [3.05, 3.63) is 84.4 Å². The van der Waals surface area contributed by atoms with E-state index in [-0.39, 0.29) is 5.91 Å². The molecule has 0 aliphatic heterocycles. The van der Waals surface area contributed by atoms with Crippen LogP contribution in [0, 0.1) is 0 Å². The standard InChI is InChI=1S/C21H19NO3/c1-2-24-19-14-8-6-12-17(19)21(23)22-18-13-7-9-15-20(18)25-16-10-4-3-5-11-16/h3-15H,2H2,1H3,(H,22,23). The molecule has 0 saturated carbocycles. The molecule has 0 fully saturated rings. The summed E-state index contributed by atoms with van der Waals surface area (Å²) in [6, 6.07) is 23.9. The van der Waals surface area contributed by atoms with Crippen molar-refractivity contribution in [3.8, 4) is 17.2 Å². The number of rotatable bonds is 6. The molecule has 0 unspecified atom stereocenters. The van der Waals surface area contributed by atoms with E-state index in [4.69, 9.17) is 9.47 Å². The first-order valence-corrected chi connectivity index (χ1v) is 8.13. The number of carbonyl (C=O) groups excluding carboxylic acids is 1. The van der Waals surface area contributed by atoms with E-state index in [0.29, 0.717) is 35.1 Å². The van der Waals surface area contributed by atoms with E-state index >= 15 is 0 Å². The predicted octanol–water partition coefficient (Wildman–Crippen LogP) is 5.13. The number of benzene rings is 3. The Kier molecular flexibility index (Phi) is 5.32. The number of carbonyl (C=O) groups is 1. The summed E-state index contributed by atoms with van der Waals surface area (Å²) in [5, 5.41) is 2.90. The maximum atomic E-state index is 12.7. The van der Waals surface area contributed by atoms with Gasteiger partial charge in [-0.05, 0) is 43.3 Å². The number of hydrogen-bond donors (Lipinski definition) is 1. The average Bonchev–Trinajstić information content (AvgIpc) is 2.65. The van der Waals surface area contributed by atoms with Crippen LogP contribution in [0.25, 0.3) is 0 Å². The first kappa shape index (κ1) is 16.6. The molecule has 0 aliphatic carbocycles. The first-order chi connectivity index (χ1) is 12.3. The lowest BCUT2D eigenvalue weighted by atomic mass is 10.1. The normalized spacial score (nSPS) is 10.1. The van der Waals surface area contributed by atoms with Crippen LogP contribution in [0.2, 0.25) is 0 Å². The van der Waals surface area contributed by atoms with Gasteiger partial charge in [-0.15, -0.1) is 0 Å². The summed E-state index contributed by atoms with van der Waals surface area (Å²) in [6.07, 6.45) is 0. The number of para-hydroxylation sites is 4. The number of hydrogen-bond acceptors (Lipinski definition) is 3. The van der Waals surface area contributed by atoms with E-state index in [1.807, 2.05) is 67.6 Å². The van der Waals surface area contributed by atoms with E-state index in [2.05, 4.69) is 5.32 Å². The molecule has 4 nitrogen and oxygen atoms in total. The SMILES string of the molecule is CCOc1ccccc1C(=O)Nc1ccccc1Oc1ccccc1. The molecular formula is C21H19NO3. The van der Waals surface area contributed by atoms with Gasteiger partial charge in [0.15, 0.2) is 5.75 Å². The number of anilines is 1. The van der Waals surface area contributed by atoms with Crippen molar-refractivity contribution in [2.75, 3.05) is 11.9 Å². The Bertz CT molecular complexity index is 847. The van der Waals surface area contributed by atoms with Gasteiger partial charge in [-0.1, -0.05) is 42.5 Å². The van der Waals surface area contributed by atoms with E-state index in [9.17, 15) is 4.79 Å². The van der Waals surface area contributed by atoms with Gasteiger partial charge in [-0.2, -0.15) is 0 Å². The highest BCUT2D eigenvalue weighted by molar-refractivity contribution is 6.06. The van der Waals surface area contributed by atoms with Crippen LogP contribution < -0.4 is 14.8 Å². The van der Waals surface area contributed by atoms with Gasteiger partial charge in [-0.3, -0.25) is 4.79 Å². The lowest BCUT2D eigenvalue weighted by Gasteiger charge is -2.14. The van der Waals surface area contributed by atoms with Crippen LogP contribution >= 0.6 is 0 Å². The van der Waals surface area contributed by atoms with Crippen molar-refractivity contribution in [3.63, 3.8) is 0 Å². The van der Waals surface area contributed by atoms with Crippen LogP contribution in [-0.2, 0) is 0 Å². The third-order valence-corrected chi connectivity index (χ3v) is 3.54. The molecule has 4 heteroatoms. The van der Waals surface area contributed by atoms with E-state index in [0.717, 1.165) is 0 Å². The molecule has 3 rings (SSSR count). The Balaban J connectivity index is 1.83. The largest absolute Gasteiger partial charge is 0.493 e. The van der Waals surface area contributed by atoms with Crippen molar-refractivity contribution in [1.29, 1.82) is 0 Å². The van der Waals surface area contributed by atoms with Gasteiger partial charge in [0.05, 0.1) is 17.9 Å². The Morgan fingerprint density at radius 3 is 2.24 bits per heavy atom. The average molecular weight is 333 g/mol. The molecule has 126 valence electrons. The second-order valence-electron chi connectivity index (χ2n) is 5.29. The summed E-state index contributed by atoms with van der Waals surface area (Å²) >= 11 is 0. The van der Waals surface area contributed by atoms with Crippen molar-refractivity contribution in [1.82, 2.24) is 0 Å². The molecule has 1 amide bonds. The summed E-state index contributed by atoms with van der Waals surface area (Å²) in [4.78, 5) is 12.7. The highest BCUT2D eigenvalue weighted by Crippen LogP contribution is 2.30. The van der Waals surface area contributed by atoms with E-state index < -0.39 is 0 Å². The molecule has 0 bridgehead atoms. The zero-order valence-corrected chi connectivity index (χ0v) is 13.9. The Morgan fingerprint density at radius 1 is 0.840 bits per heavy atom. The summed E-state index contributed by atoms with van der Waals surface area (Å²) in [7, 11) is 0. The summed E-state index contributed by atoms with van der Waals surface area (Å²) in [5.41, 5.74) is 1.08. The Labute approximate surface area is 147 Å². The number of nitrogens with one attached hydrogen (secondary N) is 1. The molecule has 25 heavy (non-hydrogen) atoms. The summed E-state index contributed by atoms with van der Waals surface area (Å²) in [5.74, 6) is 1.60. The van der Waals surface area contributed by atoms with Gasteiger partial charge < -0.3 is 14.8 Å². The lowest BCUT2D eigenvalue weighted by Crippen LogP contribution is -2.14. The smallest absolute Gasteiger partial charge is 0.259 e. The molecule has 3 aromatic carbocycles. The van der Waals surface area contributed by atoms with E-state index in [1.165, 1.54) is 0 Å². The number of amides is 1. The molecular weight excluding hydrogens is 314 g/mol. The third kappa shape index (κ3) is 4.18. The molecule has 0 atom stereocenters. The predicted molar refractivity (Wildman–Crippen MR) is 98.5 cm³/mol. The molecule has 1 N–H and O–H groups in total. The van der Waals surface area contributed by atoms with Gasteiger partial charge in [0.25, 0.3) is 5.91 Å². The molecule has 0 heterocycles. The van der Waals surface area contributed by atoms with Crippen LogP contribution in [0.15, 0.2) is 78.9 Å². The van der Waals surface area contributed by atoms with Crippen molar-refractivity contribution < 1.29 is 14.3 Å². The van der Waals surface area contributed by atoms with Crippen molar-refractivity contribution >= 4 is 11.6 Å². The topological polar surface area (TPSA) is 47.6 Å². The minimum absolute atomic E-state index is 0.242. The third-order valence-electron chi connectivity index (χ3n) is 3.54. The fourth-order valence-corrected chi connectivity index (χ4v) is 2.40. The molecule has 0 aliphatic rings. The van der Waals surface area contributed by atoms with E-state index in [1.54, 1.807) is 18.2 Å².